The van der Waals surface area contributed by atoms with Crippen LogP contribution in [0, 0.1) is 6.92 Å². The van der Waals surface area contributed by atoms with Gasteiger partial charge in [-0.1, -0.05) is 29.8 Å². The molecule has 29 heavy (non-hydrogen) atoms. The molecule has 1 aromatic carbocycles. The van der Waals surface area contributed by atoms with Gasteiger partial charge >= 0.3 is 18.0 Å². The van der Waals surface area contributed by atoms with Crippen LogP contribution in [0.25, 0.3) is 0 Å². The van der Waals surface area contributed by atoms with Crippen LogP contribution < -0.4 is 10.6 Å². The molecule has 0 radical (unpaired) electrons. The minimum atomic E-state index is -1.31. The van der Waals surface area contributed by atoms with Crippen LogP contribution in [0.15, 0.2) is 24.3 Å². The number of esters is 1. The fourth-order valence-corrected chi connectivity index (χ4v) is 3.24. The number of nitrogens with zero attached hydrogens (tertiary/aromatic N) is 2. The van der Waals surface area contributed by atoms with E-state index in [0.717, 1.165) is 15.4 Å². The third-order valence-electron chi connectivity index (χ3n) is 4.97. The second-order valence-electron chi connectivity index (χ2n) is 7.17. The summed E-state index contributed by atoms with van der Waals surface area (Å²) in [7, 11) is 0. The molecule has 2 aliphatic heterocycles. The first-order chi connectivity index (χ1) is 13.6. The highest BCUT2D eigenvalue weighted by Crippen LogP contribution is 2.29. The van der Waals surface area contributed by atoms with Crippen LogP contribution in [0.2, 0.25) is 0 Å². The fraction of sp³-hybridized carbons (Fsp3) is 0.421. The van der Waals surface area contributed by atoms with E-state index in [1.54, 1.807) is 19.1 Å². The largest absolute Gasteiger partial charge is 0.451 e. The van der Waals surface area contributed by atoms with E-state index in [0.29, 0.717) is 12.1 Å². The smallest absolute Gasteiger partial charge is 0.327 e. The number of urea groups is 2. The maximum Gasteiger partial charge on any atom is 0.327 e. The van der Waals surface area contributed by atoms with Crippen molar-refractivity contribution in [3.05, 3.63) is 35.4 Å². The monoisotopic (exact) mass is 402 g/mol. The molecule has 0 aromatic heterocycles. The quantitative estimate of drug-likeness (QED) is 0.537. The molecule has 154 valence electrons. The van der Waals surface area contributed by atoms with Crippen LogP contribution in [-0.4, -0.2) is 65.4 Å². The summed E-state index contributed by atoms with van der Waals surface area (Å²) in [6, 6.07) is 5.82. The highest BCUT2D eigenvalue weighted by molar-refractivity contribution is 6.09. The molecule has 2 saturated heterocycles. The molecule has 10 nitrogen and oxygen atoms in total. The van der Waals surface area contributed by atoms with Crippen molar-refractivity contribution in [2.24, 2.45) is 0 Å². The summed E-state index contributed by atoms with van der Waals surface area (Å²) in [5.74, 6) is -2.20. The van der Waals surface area contributed by atoms with Crippen molar-refractivity contribution in [2.75, 3.05) is 19.6 Å². The fourth-order valence-electron chi connectivity index (χ4n) is 3.24. The lowest BCUT2D eigenvalue weighted by Crippen LogP contribution is -2.44. The van der Waals surface area contributed by atoms with Crippen molar-refractivity contribution in [3.8, 4) is 0 Å². The number of aryl methyl sites for hydroxylation is 1. The molecule has 2 aliphatic rings. The molecular weight excluding hydrogens is 380 g/mol. The summed E-state index contributed by atoms with van der Waals surface area (Å²) < 4.78 is 5.04. The third-order valence-corrected chi connectivity index (χ3v) is 4.97. The maximum absolute atomic E-state index is 12.8. The highest BCUT2D eigenvalue weighted by atomic mass is 16.5. The molecule has 1 aromatic rings. The van der Waals surface area contributed by atoms with Crippen LogP contribution in [0.4, 0.5) is 9.59 Å². The van der Waals surface area contributed by atoms with Crippen molar-refractivity contribution in [1.82, 2.24) is 20.4 Å². The van der Waals surface area contributed by atoms with E-state index in [2.05, 4.69) is 10.6 Å². The second kappa shape index (κ2) is 7.53. The summed E-state index contributed by atoms with van der Waals surface area (Å²) in [6.07, 6.45) is -1.23. The number of hydrogen-bond acceptors (Lipinski definition) is 6. The van der Waals surface area contributed by atoms with Crippen LogP contribution >= 0.6 is 0 Å². The van der Waals surface area contributed by atoms with E-state index >= 15 is 0 Å². The van der Waals surface area contributed by atoms with Gasteiger partial charge in [0.15, 0.2) is 6.10 Å². The lowest BCUT2D eigenvalue weighted by Gasteiger charge is -2.22. The minimum absolute atomic E-state index is 0.182. The van der Waals surface area contributed by atoms with E-state index in [1.165, 1.54) is 6.92 Å². The molecule has 2 N–H and O–H groups in total. The number of imide groups is 2. The van der Waals surface area contributed by atoms with Crippen molar-refractivity contribution in [1.29, 1.82) is 0 Å². The van der Waals surface area contributed by atoms with Crippen molar-refractivity contribution in [3.63, 3.8) is 0 Å². The molecule has 2 heterocycles. The lowest BCUT2D eigenvalue weighted by molar-refractivity contribution is -0.159. The molecule has 2 fully saturated rings. The molecule has 0 unspecified atom stereocenters. The van der Waals surface area contributed by atoms with E-state index in [4.69, 9.17) is 4.74 Å². The summed E-state index contributed by atoms with van der Waals surface area (Å²) in [6.45, 7) is 4.65. The standard InChI is InChI=1S/C19H22N4O6/c1-11-4-6-13(7-5-11)19(3)16(26)23(18(28)21-19)10-14(24)29-12(2)15(25)22-9-8-20-17(22)27/h4-7,12H,8-10H2,1-3H3,(H,20,27)(H,21,28)/t12-,19-/m1/s1. The van der Waals surface area contributed by atoms with Gasteiger partial charge in [0.2, 0.25) is 0 Å². The number of carbonyl (C=O) groups is 5. The number of benzene rings is 1. The zero-order valence-electron chi connectivity index (χ0n) is 16.4. The Kier molecular flexibility index (Phi) is 5.27. The van der Waals surface area contributed by atoms with Crippen LogP contribution in [-0.2, 0) is 24.7 Å². The van der Waals surface area contributed by atoms with Gasteiger partial charge in [-0.15, -0.1) is 0 Å². The van der Waals surface area contributed by atoms with E-state index in [-0.39, 0.29) is 6.54 Å². The summed E-state index contributed by atoms with van der Waals surface area (Å²) in [4.78, 5) is 62.8. The molecule has 6 amide bonds. The molecule has 0 spiro atoms. The number of hydrogen-bond donors (Lipinski definition) is 2. The van der Waals surface area contributed by atoms with E-state index < -0.39 is 48.0 Å². The first-order valence-electron chi connectivity index (χ1n) is 9.13. The van der Waals surface area contributed by atoms with Gasteiger partial charge in [-0.05, 0) is 26.3 Å². The van der Waals surface area contributed by atoms with Gasteiger partial charge in [0.05, 0.1) is 0 Å². The molecule has 0 bridgehead atoms. The highest BCUT2D eigenvalue weighted by Gasteiger charge is 2.49. The first-order valence-corrected chi connectivity index (χ1v) is 9.13. The maximum atomic E-state index is 12.8. The Bertz CT molecular complexity index is 883. The third kappa shape index (κ3) is 3.78. The lowest BCUT2D eigenvalue weighted by atomic mass is 9.91. The summed E-state index contributed by atoms with van der Waals surface area (Å²) in [5.41, 5.74) is 0.279. The predicted octanol–water partition coefficient (Wildman–Crippen LogP) is 0.246. The molecule has 10 heteroatoms. The summed E-state index contributed by atoms with van der Waals surface area (Å²) >= 11 is 0. The average Bonchev–Trinajstić information content (AvgIpc) is 3.18. The van der Waals surface area contributed by atoms with Gasteiger partial charge < -0.3 is 15.4 Å². The number of carbonyl (C=O) groups excluding carboxylic acids is 5. The SMILES string of the molecule is Cc1ccc([C@@]2(C)NC(=O)N(CC(=O)O[C@H](C)C(=O)N3CCNC3=O)C2=O)cc1. The number of amides is 6. The first kappa shape index (κ1) is 20.3. The van der Waals surface area contributed by atoms with Gasteiger partial charge in [0.25, 0.3) is 11.8 Å². The number of ether oxygens (including phenoxy) is 1. The van der Waals surface area contributed by atoms with Gasteiger partial charge in [-0.25, -0.2) is 9.59 Å². The van der Waals surface area contributed by atoms with E-state index in [1.807, 2.05) is 19.1 Å². The van der Waals surface area contributed by atoms with Gasteiger partial charge in [-0.3, -0.25) is 24.2 Å². The van der Waals surface area contributed by atoms with Crippen LogP contribution in [0.3, 0.4) is 0 Å². The minimum Gasteiger partial charge on any atom is -0.451 e. The van der Waals surface area contributed by atoms with Crippen molar-refractivity contribution in [2.45, 2.75) is 32.4 Å². The Hall–Kier alpha value is -3.43. The van der Waals surface area contributed by atoms with E-state index in [9.17, 15) is 24.0 Å². The Balaban J connectivity index is 1.65. The molecule has 0 aliphatic carbocycles. The molecular formula is C19H22N4O6. The summed E-state index contributed by atoms with van der Waals surface area (Å²) in [5, 5.41) is 5.08. The van der Waals surface area contributed by atoms with Crippen molar-refractivity contribution >= 4 is 29.8 Å². The topological polar surface area (TPSA) is 125 Å². The predicted molar refractivity (Wildman–Crippen MR) is 99.4 cm³/mol. The Labute approximate surface area is 167 Å². The van der Waals surface area contributed by atoms with Gasteiger partial charge in [-0.2, -0.15) is 0 Å². The normalized spacial score (nSPS) is 22.4. The Morgan fingerprint density at radius 1 is 1.17 bits per heavy atom. The zero-order valence-corrected chi connectivity index (χ0v) is 16.4. The second-order valence-corrected chi connectivity index (χ2v) is 7.17. The van der Waals surface area contributed by atoms with Crippen LogP contribution in [0.5, 0.6) is 0 Å². The zero-order chi connectivity index (χ0) is 21.3. The number of nitrogens with one attached hydrogen (secondary N) is 2. The molecule has 3 rings (SSSR count). The van der Waals surface area contributed by atoms with Gasteiger partial charge in [0.1, 0.15) is 12.1 Å². The van der Waals surface area contributed by atoms with Crippen LogP contribution in [0.1, 0.15) is 25.0 Å². The average molecular weight is 402 g/mol. The Morgan fingerprint density at radius 2 is 1.83 bits per heavy atom. The Morgan fingerprint density at radius 3 is 2.41 bits per heavy atom. The van der Waals surface area contributed by atoms with Crippen molar-refractivity contribution < 1.29 is 28.7 Å². The molecule has 0 saturated carbocycles. The number of rotatable bonds is 5. The van der Waals surface area contributed by atoms with Gasteiger partial charge in [0, 0.05) is 13.1 Å². The molecule has 2 atom stereocenters.